The van der Waals surface area contributed by atoms with E-state index in [9.17, 15) is 14.9 Å². The monoisotopic (exact) mass is 323 g/mol. The van der Waals surface area contributed by atoms with Gasteiger partial charge in [0.25, 0.3) is 11.6 Å². The quantitative estimate of drug-likeness (QED) is 0.628. The third kappa shape index (κ3) is 3.70. The Hall–Kier alpha value is -2.35. The van der Waals surface area contributed by atoms with Gasteiger partial charge in [-0.15, -0.1) is 0 Å². The Balaban J connectivity index is 2.32. The molecule has 2 rings (SSSR count). The van der Waals surface area contributed by atoms with Crippen molar-refractivity contribution in [2.75, 3.05) is 20.8 Å². The van der Waals surface area contributed by atoms with E-state index in [2.05, 4.69) is 10.6 Å². The number of carbonyl (C=O) groups is 1. The molecule has 2 atom stereocenters. The highest BCUT2D eigenvalue weighted by Gasteiger charge is 2.28. The molecule has 0 aromatic heterocycles. The number of ether oxygens (including phenoxy) is 2. The number of rotatable bonds is 5. The summed E-state index contributed by atoms with van der Waals surface area (Å²) in [5, 5.41) is 17.4. The predicted molar refractivity (Wildman–Crippen MR) is 84.2 cm³/mol. The molecule has 0 spiro atoms. The first-order valence-corrected chi connectivity index (χ1v) is 7.42. The van der Waals surface area contributed by atoms with Gasteiger partial charge in [0, 0.05) is 18.2 Å². The summed E-state index contributed by atoms with van der Waals surface area (Å²) in [4.78, 5) is 23.2. The Morgan fingerprint density at radius 1 is 1.35 bits per heavy atom. The lowest BCUT2D eigenvalue weighted by molar-refractivity contribution is -0.385. The molecule has 23 heavy (non-hydrogen) atoms. The minimum atomic E-state index is -0.598. The number of nitro groups is 1. The molecule has 1 amide bonds. The van der Waals surface area contributed by atoms with Crippen LogP contribution in [0.3, 0.4) is 0 Å². The number of methoxy groups -OCH3 is 2. The minimum Gasteiger partial charge on any atom is -0.493 e. The van der Waals surface area contributed by atoms with Gasteiger partial charge in [0.15, 0.2) is 11.5 Å². The minimum absolute atomic E-state index is 0.0366. The highest BCUT2D eigenvalue weighted by atomic mass is 16.6. The van der Waals surface area contributed by atoms with Gasteiger partial charge >= 0.3 is 0 Å². The van der Waals surface area contributed by atoms with Crippen LogP contribution in [0.1, 0.15) is 30.1 Å². The SMILES string of the molecule is COc1cc(C(=O)NC2CCCNC2C)c([N+](=O)[O-])cc1OC. The van der Waals surface area contributed by atoms with E-state index in [0.29, 0.717) is 0 Å². The topological polar surface area (TPSA) is 103 Å². The lowest BCUT2D eigenvalue weighted by Crippen LogP contribution is -2.51. The normalized spacial score (nSPS) is 20.7. The van der Waals surface area contributed by atoms with Crippen molar-refractivity contribution in [3.63, 3.8) is 0 Å². The van der Waals surface area contributed by atoms with E-state index in [1.165, 1.54) is 26.4 Å². The standard InChI is InChI=1S/C15H21N3O5/c1-9-11(5-4-6-16-9)17-15(19)10-7-13(22-2)14(23-3)8-12(10)18(20)21/h7-9,11,16H,4-6H2,1-3H3,(H,17,19). The molecular weight excluding hydrogens is 302 g/mol. The molecule has 2 unspecified atom stereocenters. The van der Waals surface area contributed by atoms with Gasteiger partial charge in [-0.1, -0.05) is 0 Å². The third-order valence-electron chi connectivity index (χ3n) is 4.02. The molecule has 1 heterocycles. The van der Waals surface area contributed by atoms with Gasteiger partial charge in [0.05, 0.1) is 25.2 Å². The fraction of sp³-hybridized carbons (Fsp3) is 0.533. The summed E-state index contributed by atoms with van der Waals surface area (Å²) >= 11 is 0. The van der Waals surface area contributed by atoms with E-state index in [1.807, 2.05) is 6.92 Å². The second-order valence-electron chi connectivity index (χ2n) is 5.45. The molecule has 8 heteroatoms. The van der Waals surface area contributed by atoms with Gasteiger partial charge in [0.1, 0.15) is 5.56 Å². The average Bonchev–Trinajstić information content (AvgIpc) is 2.55. The van der Waals surface area contributed by atoms with Gasteiger partial charge in [-0.05, 0) is 26.3 Å². The number of carbonyl (C=O) groups excluding carboxylic acids is 1. The van der Waals surface area contributed by atoms with E-state index in [1.54, 1.807) is 0 Å². The van der Waals surface area contributed by atoms with Gasteiger partial charge in [0.2, 0.25) is 0 Å². The van der Waals surface area contributed by atoms with Crippen molar-refractivity contribution in [1.29, 1.82) is 0 Å². The Kier molecular flexibility index (Phi) is 5.38. The second-order valence-corrected chi connectivity index (χ2v) is 5.45. The van der Waals surface area contributed by atoms with Gasteiger partial charge in [-0.25, -0.2) is 0 Å². The summed E-state index contributed by atoms with van der Waals surface area (Å²) in [6, 6.07) is 2.60. The number of nitrogens with one attached hydrogen (secondary N) is 2. The number of hydrogen-bond acceptors (Lipinski definition) is 6. The van der Waals surface area contributed by atoms with Crippen LogP contribution in [0.2, 0.25) is 0 Å². The van der Waals surface area contributed by atoms with Crippen molar-refractivity contribution in [3.8, 4) is 11.5 Å². The maximum atomic E-state index is 12.5. The van der Waals surface area contributed by atoms with Crippen molar-refractivity contribution in [2.24, 2.45) is 0 Å². The first-order chi connectivity index (χ1) is 11.0. The Bertz CT molecular complexity index is 605. The molecule has 0 aliphatic carbocycles. The molecular formula is C15H21N3O5. The number of piperidine rings is 1. The van der Waals surface area contributed by atoms with Gasteiger partial charge in [-0.2, -0.15) is 0 Å². The Morgan fingerprint density at radius 3 is 2.57 bits per heavy atom. The molecule has 1 saturated heterocycles. The molecule has 1 fully saturated rings. The van der Waals surface area contributed by atoms with Crippen LogP contribution in [0.25, 0.3) is 0 Å². The van der Waals surface area contributed by atoms with Crippen molar-refractivity contribution in [3.05, 3.63) is 27.8 Å². The van der Waals surface area contributed by atoms with Gasteiger partial charge < -0.3 is 20.1 Å². The van der Waals surface area contributed by atoms with Crippen LogP contribution in [-0.4, -0.2) is 43.7 Å². The molecule has 0 bridgehead atoms. The molecule has 0 saturated carbocycles. The largest absolute Gasteiger partial charge is 0.493 e. The first kappa shape index (κ1) is 17.0. The number of nitrogens with zero attached hydrogens (tertiary/aromatic N) is 1. The molecule has 1 aromatic rings. The van der Waals surface area contributed by atoms with Gasteiger partial charge in [-0.3, -0.25) is 14.9 Å². The molecule has 1 aromatic carbocycles. The number of amides is 1. The summed E-state index contributed by atoms with van der Waals surface area (Å²) in [6.45, 7) is 2.89. The maximum Gasteiger partial charge on any atom is 0.286 e. The smallest absolute Gasteiger partial charge is 0.286 e. The van der Waals surface area contributed by atoms with Crippen LogP contribution in [0, 0.1) is 10.1 Å². The summed E-state index contributed by atoms with van der Waals surface area (Å²) in [7, 11) is 2.80. The first-order valence-electron chi connectivity index (χ1n) is 7.42. The van der Waals surface area contributed by atoms with Crippen molar-refractivity contribution < 1.29 is 19.2 Å². The zero-order chi connectivity index (χ0) is 17.0. The molecule has 1 aliphatic rings. The Labute approximate surface area is 134 Å². The molecule has 126 valence electrons. The fourth-order valence-corrected chi connectivity index (χ4v) is 2.69. The van der Waals surface area contributed by atoms with Crippen LogP contribution >= 0.6 is 0 Å². The number of benzene rings is 1. The van der Waals surface area contributed by atoms with Crippen LogP contribution in [0.5, 0.6) is 11.5 Å². The molecule has 8 nitrogen and oxygen atoms in total. The van der Waals surface area contributed by atoms with Crippen LogP contribution < -0.4 is 20.1 Å². The second kappa shape index (κ2) is 7.28. The summed E-state index contributed by atoms with van der Waals surface area (Å²) in [5.74, 6) is -0.000258. The van der Waals surface area contributed by atoms with Crippen LogP contribution in [0.4, 0.5) is 5.69 Å². The van der Waals surface area contributed by atoms with Crippen molar-refractivity contribution in [2.45, 2.75) is 31.8 Å². The molecule has 2 N–H and O–H groups in total. The predicted octanol–water partition coefficient (Wildman–Crippen LogP) is 1.48. The van der Waals surface area contributed by atoms with E-state index in [4.69, 9.17) is 9.47 Å². The zero-order valence-electron chi connectivity index (χ0n) is 13.4. The van der Waals surface area contributed by atoms with E-state index in [-0.39, 0.29) is 34.8 Å². The fourth-order valence-electron chi connectivity index (χ4n) is 2.69. The third-order valence-corrected chi connectivity index (χ3v) is 4.02. The molecule has 0 radical (unpaired) electrons. The highest BCUT2D eigenvalue weighted by molar-refractivity contribution is 5.99. The van der Waals surface area contributed by atoms with Crippen LogP contribution in [0.15, 0.2) is 12.1 Å². The highest BCUT2D eigenvalue weighted by Crippen LogP contribution is 2.34. The lowest BCUT2D eigenvalue weighted by atomic mass is 9.99. The van der Waals surface area contributed by atoms with Crippen molar-refractivity contribution in [1.82, 2.24) is 10.6 Å². The van der Waals surface area contributed by atoms with Crippen molar-refractivity contribution >= 4 is 11.6 Å². The lowest BCUT2D eigenvalue weighted by Gasteiger charge is -2.30. The Morgan fingerprint density at radius 2 is 2.00 bits per heavy atom. The summed E-state index contributed by atoms with van der Waals surface area (Å²) in [6.07, 6.45) is 1.78. The average molecular weight is 323 g/mol. The van der Waals surface area contributed by atoms with Crippen LogP contribution in [-0.2, 0) is 0 Å². The van der Waals surface area contributed by atoms with E-state index >= 15 is 0 Å². The number of hydrogen-bond donors (Lipinski definition) is 2. The maximum absolute atomic E-state index is 12.5. The zero-order valence-corrected chi connectivity index (χ0v) is 13.4. The molecule has 1 aliphatic heterocycles. The van der Waals surface area contributed by atoms with E-state index < -0.39 is 10.8 Å². The van der Waals surface area contributed by atoms with E-state index in [0.717, 1.165) is 19.4 Å². The summed E-state index contributed by atoms with van der Waals surface area (Å²) in [5.41, 5.74) is -0.345. The summed E-state index contributed by atoms with van der Waals surface area (Å²) < 4.78 is 10.2. The number of nitro benzene ring substituents is 1.